The highest BCUT2D eigenvalue weighted by atomic mass is 35.5. The summed E-state index contributed by atoms with van der Waals surface area (Å²) < 4.78 is 0. The molecule has 3 heterocycles. The number of carbonyl (C=O) groups is 1. The first kappa shape index (κ1) is 16.9. The maximum absolute atomic E-state index is 12.5. The first-order chi connectivity index (χ1) is 11.5. The molecule has 0 bridgehead atoms. The summed E-state index contributed by atoms with van der Waals surface area (Å²) in [6.07, 6.45) is 3.25. The number of hydrogen-bond acceptors (Lipinski definition) is 5. The molecular formula is C16H17Cl2N5O. The molecule has 0 saturated carbocycles. The van der Waals surface area contributed by atoms with Gasteiger partial charge >= 0.3 is 0 Å². The lowest BCUT2D eigenvalue weighted by Gasteiger charge is -2.32. The summed E-state index contributed by atoms with van der Waals surface area (Å²) in [7, 11) is 0. The number of rotatable bonds is 3. The maximum Gasteiger partial charge on any atom is 0.230 e. The van der Waals surface area contributed by atoms with E-state index in [1.54, 1.807) is 25.1 Å². The fraction of sp³-hybridized carbons (Fsp3) is 0.375. The molecule has 0 spiro atoms. The van der Waals surface area contributed by atoms with Crippen LogP contribution in [0.5, 0.6) is 0 Å². The van der Waals surface area contributed by atoms with E-state index in [0.717, 1.165) is 25.2 Å². The molecule has 1 fully saturated rings. The summed E-state index contributed by atoms with van der Waals surface area (Å²) in [6, 6.07) is 5.12. The lowest BCUT2D eigenvalue weighted by Crippen LogP contribution is -2.41. The Kier molecular flexibility index (Phi) is 5.16. The Morgan fingerprint density at radius 1 is 1.33 bits per heavy atom. The molecule has 2 aromatic heterocycles. The van der Waals surface area contributed by atoms with Gasteiger partial charge in [-0.2, -0.15) is 0 Å². The molecule has 6 nitrogen and oxygen atoms in total. The zero-order valence-corrected chi connectivity index (χ0v) is 14.7. The predicted octanol–water partition coefficient (Wildman–Crippen LogP) is 3.34. The lowest BCUT2D eigenvalue weighted by atomic mass is 9.97. The zero-order chi connectivity index (χ0) is 17.1. The molecule has 1 aliphatic heterocycles. The first-order valence-electron chi connectivity index (χ1n) is 7.70. The number of anilines is 2. The highest BCUT2D eigenvalue weighted by molar-refractivity contribution is 6.30. The van der Waals surface area contributed by atoms with Gasteiger partial charge in [-0.25, -0.2) is 15.0 Å². The van der Waals surface area contributed by atoms with E-state index in [9.17, 15) is 4.79 Å². The fourth-order valence-corrected chi connectivity index (χ4v) is 3.09. The molecule has 1 atom stereocenters. The topological polar surface area (TPSA) is 71.0 Å². The number of aromatic nitrogens is 3. The van der Waals surface area contributed by atoms with Crippen LogP contribution in [-0.4, -0.2) is 33.9 Å². The molecule has 3 rings (SSSR count). The van der Waals surface area contributed by atoms with Crippen LogP contribution >= 0.6 is 23.2 Å². The van der Waals surface area contributed by atoms with Gasteiger partial charge in [0.05, 0.1) is 10.9 Å². The average Bonchev–Trinajstić information content (AvgIpc) is 2.56. The van der Waals surface area contributed by atoms with E-state index in [-0.39, 0.29) is 11.8 Å². The van der Waals surface area contributed by atoms with E-state index < -0.39 is 0 Å². The van der Waals surface area contributed by atoms with Crippen molar-refractivity contribution in [3.05, 3.63) is 40.4 Å². The Hall–Kier alpha value is -1.92. The molecule has 126 valence electrons. The molecule has 1 amide bonds. The molecule has 24 heavy (non-hydrogen) atoms. The Morgan fingerprint density at radius 2 is 2.17 bits per heavy atom. The number of halogens is 2. The number of nitrogens with zero attached hydrogens (tertiary/aromatic N) is 4. The van der Waals surface area contributed by atoms with Gasteiger partial charge < -0.3 is 10.2 Å². The van der Waals surface area contributed by atoms with Crippen LogP contribution in [0.25, 0.3) is 0 Å². The number of amides is 1. The van der Waals surface area contributed by atoms with Crippen LogP contribution in [0.15, 0.2) is 24.4 Å². The zero-order valence-electron chi connectivity index (χ0n) is 13.2. The van der Waals surface area contributed by atoms with Crippen molar-refractivity contribution in [1.29, 1.82) is 0 Å². The van der Waals surface area contributed by atoms with E-state index in [0.29, 0.717) is 28.4 Å². The van der Waals surface area contributed by atoms with Crippen LogP contribution in [0.4, 0.5) is 11.6 Å². The van der Waals surface area contributed by atoms with Crippen molar-refractivity contribution < 1.29 is 4.79 Å². The molecule has 0 aliphatic carbocycles. The van der Waals surface area contributed by atoms with Gasteiger partial charge in [-0.05, 0) is 31.9 Å². The molecule has 0 radical (unpaired) electrons. The standard InChI is InChI=1S/C16H17Cl2N5O/c1-10-20-13(18)7-15(21-10)23-6-2-3-11(9-23)16(24)22-14-5-4-12(17)8-19-14/h4-5,7-8,11H,2-3,6,9H2,1H3,(H,19,22,24). The monoisotopic (exact) mass is 365 g/mol. The van der Waals surface area contributed by atoms with Gasteiger partial charge in [-0.1, -0.05) is 23.2 Å². The van der Waals surface area contributed by atoms with Crippen LogP contribution in [0.1, 0.15) is 18.7 Å². The number of aryl methyl sites for hydroxylation is 1. The van der Waals surface area contributed by atoms with Gasteiger partial charge in [0.1, 0.15) is 22.6 Å². The SMILES string of the molecule is Cc1nc(Cl)cc(N2CCCC(C(=O)Nc3ccc(Cl)cn3)C2)n1. The summed E-state index contributed by atoms with van der Waals surface area (Å²) in [4.78, 5) is 27.2. The van der Waals surface area contributed by atoms with E-state index in [4.69, 9.17) is 23.2 Å². The molecule has 1 saturated heterocycles. The fourth-order valence-electron chi connectivity index (χ4n) is 2.76. The highest BCUT2D eigenvalue weighted by Crippen LogP contribution is 2.24. The Bertz CT molecular complexity index is 717. The molecule has 1 aliphatic rings. The van der Waals surface area contributed by atoms with Crippen LogP contribution in [0, 0.1) is 12.8 Å². The minimum atomic E-state index is -0.134. The van der Waals surface area contributed by atoms with Crippen molar-refractivity contribution in [2.45, 2.75) is 19.8 Å². The molecule has 1 N–H and O–H groups in total. The van der Waals surface area contributed by atoms with Crippen LogP contribution in [0.3, 0.4) is 0 Å². The number of pyridine rings is 1. The van der Waals surface area contributed by atoms with Crippen molar-refractivity contribution in [2.75, 3.05) is 23.3 Å². The molecular weight excluding hydrogens is 349 g/mol. The number of hydrogen-bond donors (Lipinski definition) is 1. The van der Waals surface area contributed by atoms with Crippen molar-refractivity contribution >= 4 is 40.7 Å². The Labute approximate surface area is 150 Å². The number of carbonyl (C=O) groups excluding carboxylic acids is 1. The van der Waals surface area contributed by atoms with Crippen molar-refractivity contribution in [1.82, 2.24) is 15.0 Å². The van der Waals surface area contributed by atoms with E-state index >= 15 is 0 Å². The Balaban J connectivity index is 1.68. The smallest absolute Gasteiger partial charge is 0.230 e. The predicted molar refractivity (Wildman–Crippen MR) is 94.6 cm³/mol. The summed E-state index contributed by atoms with van der Waals surface area (Å²) in [5.41, 5.74) is 0. The molecule has 0 aromatic carbocycles. The van der Waals surface area contributed by atoms with Gasteiger partial charge in [0.15, 0.2) is 0 Å². The second kappa shape index (κ2) is 7.32. The van der Waals surface area contributed by atoms with E-state index in [2.05, 4.69) is 25.2 Å². The van der Waals surface area contributed by atoms with Gasteiger partial charge in [-0.3, -0.25) is 4.79 Å². The van der Waals surface area contributed by atoms with Crippen molar-refractivity contribution in [3.8, 4) is 0 Å². The third kappa shape index (κ3) is 4.13. The minimum absolute atomic E-state index is 0.0496. The van der Waals surface area contributed by atoms with E-state index in [1.807, 2.05) is 0 Å². The summed E-state index contributed by atoms with van der Waals surface area (Å²) in [6.45, 7) is 3.23. The van der Waals surface area contributed by atoms with Crippen molar-refractivity contribution in [3.63, 3.8) is 0 Å². The van der Waals surface area contributed by atoms with Gasteiger partial charge in [0, 0.05) is 25.4 Å². The third-order valence-electron chi connectivity index (χ3n) is 3.89. The largest absolute Gasteiger partial charge is 0.356 e. The first-order valence-corrected chi connectivity index (χ1v) is 8.45. The van der Waals surface area contributed by atoms with Gasteiger partial charge in [0.25, 0.3) is 0 Å². The average molecular weight is 366 g/mol. The molecule has 8 heteroatoms. The molecule has 2 aromatic rings. The minimum Gasteiger partial charge on any atom is -0.356 e. The third-order valence-corrected chi connectivity index (χ3v) is 4.31. The summed E-state index contributed by atoms with van der Waals surface area (Å²) in [5.74, 6) is 1.70. The van der Waals surface area contributed by atoms with Crippen LogP contribution in [0.2, 0.25) is 10.2 Å². The summed E-state index contributed by atoms with van der Waals surface area (Å²) in [5, 5.41) is 3.79. The maximum atomic E-state index is 12.5. The van der Waals surface area contributed by atoms with E-state index in [1.165, 1.54) is 6.20 Å². The number of piperidine rings is 1. The van der Waals surface area contributed by atoms with Crippen molar-refractivity contribution in [2.24, 2.45) is 5.92 Å². The van der Waals surface area contributed by atoms with Gasteiger partial charge in [-0.15, -0.1) is 0 Å². The quantitative estimate of drug-likeness (QED) is 0.844. The van der Waals surface area contributed by atoms with Crippen LogP contribution in [-0.2, 0) is 4.79 Å². The second-order valence-electron chi connectivity index (χ2n) is 5.73. The molecule has 1 unspecified atom stereocenters. The summed E-state index contributed by atoms with van der Waals surface area (Å²) >= 11 is 11.8. The number of nitrogens with one attached hydrogen (secondary N) is 1. The Morgan fingerprint density at radius 3 is 2.88 bits per heavy atom. The second-order valence-corrected chi connectivity index (χ2v) is 6.56. The normalized spacial score (nSPS) is 17.6. The van der Waals surface area contributed by atoms with Gasteiger partial charge in [0.2, 0.25) is 5.91 Å². The van der Waals surface area contributed by atoms with Crippen LogP contribution < -0.4 is 10.2 Å². The highest BCUT2D eigenvalue weighted by Gasteiger charge is 2.27. The lowest BCUT2D eigenvalue weighted by molar-refractivity contribution is -0.120.